The zero-order chi connectivity index (χ0) is 9.28. The molecule has 0 atom stereocenters. The lowest BCUT2D eigenvalue weighted by Crippen LogP contribution is -2.38. The van der Waals surface area contributed by atoms with Gasteiger partial charge in [0, 0.05) is 8.15 Å². The number of hydrogen-bond acceptors (Lipinski definition) is 1. The Morgan fingerprint density at radius 1 is 1.09 bits per heavy atom. The molecule has 0 rings (SSSR count). The topological polar surface area (TPSA) is 9.23 Å². The maximum absolute atomic E-state index is 6.01. The predicted molar refractivity (Wildman–Crippen MR) is 57.1 cm³/mol. The van der Waals surface area contributed by atoms with E-state index in [0.717, 1.165) is 0 Å². The summed E-state index contributed by atoms with van der Waals surface area (Å²) >= 11 is 0. The van der Waals surface area contributed by atoms with Crippen LogP contribution in [0.3, 0.4) is 0 Å². The highest BCUT2D eigenvalue weighted by Crippen LogP contribution is 2.43. The van der Waals surface area contributed by atoms with Gasteiger partial charge in [-0.1, -0.05) is 20.8 Å². The lowest BCUT2D eigenvalue weighted by Gasteiger charge is -2.37. The largest absolute Gasteiger partial charge is 0.396 e. The Morgan fingerprint density at radius 3 is 1.55 bits per heavy atom. The minimum atomic E-state index is -1.44. The molecular weight excluding hydrogens is 171 g/mol. The van der Waals surface area contributed by atoms with Gasteiger partial charge in [-0.15, -0.1) is 0 Å². The van der Waals surface area contributed by atoms with Crippen molar-refractivity contribution in [1.29, 1.82) is 0 Å². The third-order valence-corrected chi connectivity index (χ3v) is 9.12. The molecule has 0 aromatic heterocycles. The Morgan fingerprint density at radius 2 is 1.45 bits per heavy atom. The van der Waals surface area contributed by atoms with Gasteiger partial charge in [0.2, 0.25) is 0 Å². The van der Waals surface area contributed by atoms with E-state index in [2.05, 4.69) is 47.2 Å². The molecule has 0 saturated heterocycles. The van der Waals surface area contributed by atoms with Crippen molar-refractivity contribution in [3.63, 3.8) is 0 Å². The van der Waals surface area contributed by atoms with E-state index in [4.69, 9.17) is 4.21 Å². The fraction of sp³-hybridized carbons (Fsp3) is 1.00. The lowest BCUT2D eigenvalue weighted by atomic mass is 10.2. The van der Waals surface area contributed by atoms with Crippen molar-refractivity contribution in [3.8, 4) is 0 Å². The second-order valence-electron chi connectivity index (χ2n) is 4.66. The van der Waals surface area contributed by atoms with Gasteiger partial charge in [0.05, 0.1) is 0 Å². The second-order valence-corrected chi connectivity index (χ2v) is 11.5. The van der Waals surface area contributed by atoms with E-state index >= 15 is 0 Å². The standard InChI is InChI=1S/C8H21OPSi/c1-8(2,3)11(6,7)9-10(4)5/h1-7H3. The molecule has 11 heavy (non-hydrogen) atoms. The molecule has 0 amide bonds. The molecule has 68 valence electrons. The monoisotopic (exact) mass is 192 g/mol. The first-order chi connectivity index (χ1) is 4.67. The Balaban J connectivity index is 4.22. The SMILES string of the molecule is CP(C)O[Si](C)(C)C(C)(C)C. The van der Waals surface area contributed by atoms with Gasteiger partial charge in [-0.05, 0) is 31.5 Å². The summed E-state index contributed by atoms with van der Waals surface area (Å²) in [6, 6.07) is 0. The van der Waals surface area contributed by atoms with Crippen LogP contribution < -0.4 is 0 Å². The smallest absolute Gasteiger partial charge is 0.196 e. The van der Waals surface area contributed by atoms with E-state index in [1.54, 1.807) is 0 Å². The Bertz CT molecular complexity index is 127. The summed E-state index contributed by atoms with van der Waals surface area (Å²) in [6.45, 7) is 15.8. The van der Waals surface area contributed by atoms with E-state index < -0.39 is 8.32 Å². The van der Waals surface area contributed by atoms with Crippen molar-refractivity contribution in [2.24, 2.45) is 0 Å². The minimum absolute atomic E-state index is 0.191. The van der Waals surface area contributed by atoms with Crippen LogP contribution in [0, 0.1) is 0 Å². The maximum Gasteiger partial charge on any atom is 0.196 e. The van der Waals surface area contributed by atoms with Crippen LogP contribution in [0.5, 0.6) is 0 Å². The van der Waals surface area contributed by atoms with Crippen LogP contribution in [0.1, 0.15) is 20.8 Å². The molecule has 1 nitrogen and oxygen atoms in total. The van der Waals surface area contributed by atoms with Gasteiger partial charge in [-0.2, -0.15) is 0 Å². The summed E-state index contributed by atoms with van der Waals surface area (Å²) < 4.78 is 6.01. The Kier molecular flexibility index (Phi) is 3.75. The average molecular weight is 192 g/mol. The molecule has 0 N–H and O–H groups in total. The first-order valence-corrected chi connectivity index (χ1v) is 9.09. The summed E-state index contributed by atoms with van der Waals surface area (Å²) in [6.07, 6.45) is 0. The molecule has 0 aromatic rings. The summed E-state index contributed by atoms with van der Waals surface area (Å²) in [5.74, 6) is 0. The van der Waals surface area contributed by atoms with Crippen LogP contribution in [-0.4, -0.2) is 21.6 Å². The zero-order valence-electron chi connectivity index (χ0n) is 8.86. The molecule has 0 bridgehead atoms. The highest BCUT2D eigenvalue weighted by Gasteiger charge is 2.37. The van der Waals surface area contributed by atoms with Crippen LogP contribution >= 0.6 is 8.15 Å². The molecule has 0 aromatic carbocycles. The van der Waals surface area contributed by atoms with Crippen molar-refractivity contribution in [3.05, 3.63) is 0 Å². The maximum atomic E-state index is 6.01. The number of rotatable bonds is 2. The van der Waals surface area contributed by atoms with Gasteiger partial charge in [0.25, 0.3) is 0 Å². The van der Waals surface area contributed by atoms with Crippen molar-refractivity contribution in [1.82, 2.24) is 0 Å². The Labute approximate surface area is 73.5 Å². The van der Waals surface area contributed by atoms with Crippen LogP contribution in [0.15, 0.2) is 0 Å². The third kappa shape index (κ3) is 3.68. The lowest BCUT2D eigenvalue weighted by molar-refractivity contribution is 0.535. The summed E-state index contributed by atoms with van der Waals surface area (Å²) in [5, 5.41) is 0.361. The van der Waals surface area contributed by atoms with Crippen molar-refractivity contribution >= 4 is 16.5 Å². The van der Waals surface area contributed by atoms with E-state index in [-0.39, 0.29) is 8.15 Å². The molecule has 0 unspecified atom stereocenters. The van der Waals surface area contributed by atoms with Gasteiger partial charge < -0.3 is 4.21 Å². The molecule has 3 heteroatoms. The molecule has 0 spiro atoms. The highest BCUT2D eigenvalue weighted by molar-refractivity contribution is 7.52. The molecule has 0 radical (unpaired) electrons. The van der Waals surface area contributed by atoms with Gasteiger partial charge in [-0.3, -0.25) is 0 Å². The molecule has 0 aliphatic heterocycles. The van der Waals surface area contributed by atoms with Crippen LogP contribution in [0.25, 0.3) is 0 Å². The summed E-state index contributed by atoms with van der Waals surface area (Å²) in [7, 11) is -1.63. The van der Waals surface area contributed by atoms with Crippen molar-refractivity contribution < 1.29 is 4.21 Å². The van der Waals surface area contributed by atoms with Gasteiger partial charge in [0.15, 0.2) is 8.32 Å². The molecular formula is C8H21OPSi. The second kappa shape index (κ2) is 3.55. The predicted octanol–water partition coefficient (Wildman–Crippen LogP) is 3.66. The van der Waals surface area contributed by atoms with E-state index in [1.807, 2.05) is 0 Å². The minimum Gasteiger partial charge on any atom is -0.396 e. The summed E-state index contributed by atoms with van der Waals surface area (Å²) in [4.78, 5) is 0. The quantitative estimate of drug-likeness (QED) is 0.479. The summed E-state index contributed by atoms with van der Waals surface area (Å²) in [5.41, 5.74) is 0. The molecule has 0 aliphatic carbocycles. The molecule has 0 aliphatic rings. The van der Waals surface area contributed by atoms with Crippen molar-refractivity contribution in [2.75, 3.05) is 13.3 Å². The Hall–Kier alpha value is 0.607. The van der Waals surface area contributed by atoms with E-state index in [9.17, 15) is 0 Å². The highest BCUT2D eigenvalue weighted by atomic mass is 31.1. The fourth-order valence-corrected chi connectivity index (χ4v) is 5.34. The van der Waals surface area contributed by atoms with Crippen LogP contribution in [0.2, 0.25) is 18.1 Å². The molecule has 0 fully saturated rings. The fourth-order valence-electron chi connectivity index (χ4n) is 0.593. The first-order valence-electron chi connectivity index (χ1n) is 4.03. The van der Waals surface area contributed by atoms with Crippen LogP contribution in [-0.2, 0) is 4.21 Å². The van der Waals surface area contributed by atoms with Gasteiger partial charge >= 0.3 is 0 Å². The van der Waals surface area contributed by atoms with Crippen LogP contribution in [0.4, 0.5) is 0 Å². The number of hydrogen-bond donors (Lipinski definition) is 0. The normalized spacial score (nSPS) is 14.2. The van der Waals surface area contributed by atoms with E-state index in [1.165, 1.54) is 0 Å². The molecule has 0 saturated carbocycles. The average Bonchev–Trinajstić information content (AvgIpc) is 1.56. The zero-order valence-corrected chi connectivity index (χ0v) is 10.7. The molecule has 0 heterocycles. The van der Waals surface area contributed by atoms with Crippen molar-refractivity contribution in [2.45, 2.75) is 38.9 Å². The van der Waals surface area contributed by atoms with E-state index in [0.29, 0.717) is 5.04 Å². The third-order valence-electron chi connectivity index (χ3n) is 2.22. The first kappa shape index (κ1) is 11.6. The van der Waals surface area contributed by atoms with Gasteiger partial charge in [-0.25, -0.2) is 0 Å². The van der Waals surface area contributed by atoms with Gasteiger partial charge in [0.1, 0.15) is 0 Å².